The van der Waals surface area contributed by atoms with E-state index in [9.17, 15) is 0 Å². The molecule has 0 aliphatic heterocycles. The number of benzene rings is 1. The third-order valence-corrected chi connectivity index (χ3v) is 3.08. The number of methoxy groups -OCH3 is 1. The topological polar surface area (TPSA) is 47.7 Å². The summed E-state index contributed by atoms with van der Waals surface area (Å²) in [7, 11) is 5.72. The summed E-state index contributed by atoms with van der Waals surface area (Å²) < 4.78 is 11.1. The lowest BCUT2D eigenvalue weighted by Gasteiger charge is -2.17. The Labute approximate surface area is 116 Å². The predicted octanol–water partition coefficient (Wildman–Crippen LogP) is 1.92. The third-order valence-electron chi connectivity index (χ3n) is 3.08. The van der Waals surface area contributed by atoms with Crippen molar-refractivity contribution in [1.82, 2.24) is 4.90 Å². The van der Waals surface area contributed by atoms with Gasteiger partial charge in [-0.25, -0.2) is 0 Å². The molecule has 0 aliphatic carbocycles. The van der Waals surface area contributed by atoms with Gasteiger partial charge >= 0.3 is 0 Å². The van der Waals surface area contributed by atoms with Crippen LogP contribution in [0.15, 0.2) is 18.2 Å². The Hall–Kier alpha value is -1.26. The normalized spacial score (nSPS) is 12.5. The number of hydrogen-bond acceptors (Lipinski definition) is 4. The van der Waals surface area contributed by atoms with Crippen molar-refractivity contribution in [3.8, 4) is 11.5 Å². The summed E-state index contributed by atoms with van der Waals surface area (Å²) in [5.41, 5.74) is 7.17. The van der Waals surface area contributed by atoms with Gasteiger partial charge in [-0.2, -0.15) is 0 Å². The van der Waals surface area contributed by atoms with Crippen LogP contribution in [0.5, 0.6) is 11.5 Å². The Morgan fingerprint density at radius 1 is 1.32 bits per heavy atom. The summed E-state index contributed by atoms with van der Waals surface area (Å²) in [4.78, 5) is 2.09. The molecule has 0 saturated carbocycles. The second kappa shape index (κ2) is 8.02. The molecular formula is C15H26N2O2. The van der Waals surface area contributed by atoms with Gasteiger partial charge in [0.25, 0.3) is 0 Å². The Morgan fingerprint density at radius 3 is 2.63 bits per heavy atom. The van der Waals surface area contributed by atoms with Gasteiger partial charge in [-0.05, 0) is 38.6 Å². The van der Waals surface area contributed by atoms with Crippen molar-refractivity contribution in [3.63, 3.8) is 0 Å². The van der Waals surface area contributed by atoms with E-state index in [1.54, 1.807) is 7.11 Å². The molecule has 0 heterocycles. The minimum atomic E-state index is 0.171. The first-order valence-corrected chi connectivity index (χ1v) is 6.76. The molecule has 0 spiro atoms. The number of likely N-dealkylation sites (N-methyl/N-ethyl adjacent to an activating group) is 1. The first-order valence-electron chi connectivity index (χ1n) is 6.76. The molecule has 0 radical (unpaired) electrons. The third kappa shape index (κ3) is 5.49. The highest BCUT2D eigenvalue weighted by molar-refractivity contribution is 5.41. The molecule has 4 heteroatoms. The van der Waals surface area contributed by atoms with Crippen LogP contribution in [0.1, 0.15) is 18.9 Å². The molecule has 108 valence electrons. The van der Waals surface area contributed by atoms with Gasteiger partial charge in [0.15, 0.2) is 0 Å². The lowest BCUT2D eigenvalue weighted by Crippen LogP contribution is -2.23. The number of ether oxygens (including phenoxy) is 2. The van der Waals surface area contributed by atoms with E-state index < -0.39 is 0 Å². The summed E-state index contributed by atoms with van der Waals surface area (Å²) in [6.07, 6.45) is 1.79. The Kier molecular flexibility index (Phi) is 6.67. The molecule has 2 N–H and O–H groups in total. The molecule has 0 saturated heterocycles. The highest BCUT2D eigenvalue weighted by Gasteiger charge is 2.09. The molecule has 1 aromatic rings. The molecule has 1 rings (SSSR count). The highest BCUT2D eigenvalue weighted by atomic mass is 16.5. The molecule has 0 fully saturated rings. The number of rotatable bonds is 8. The van der Waals surface area contributed by atoms with Gasteiger partial charge in [0.1, 0.15) is 18.1 Å². The van der Waals surface area contributed by atoms with Gasteiger partial charge in [0.2, 0.25) is 0 Å². The van der Waals surface area contributed by atoms with E-state index in [2.05, 4.69) is 11.8 Å². The van der Waals surface area contributed by atoms with E-state index >= 15 is 0 Å². The second-order valence-electron chi connectivity index (χ2n) is 5.00. The molecule has 1 aromatic carbocycles. The largest absolute Gasteiger partial charge is 0.497 e. The zero-order valence-electron chi connectivity index (χ0n) is 12.5. The Morgan fingerprint density at radius 2 is 2.05 bits per heavy atom. The van der Waals surface area contributed by atoms with Gasteiger partial charge in [0.05, 0.1) is 7.11 Å². The van der Waals surface area contributed by atoms with Gasteiger partial charge in [-0.3, -0.25) is 0 Å². The molecule has 19 heavy (non-hydrogen) atoms. The van der Waals surface area contributed by atoms with Crippen molar-refractivity contribution in [2.45, 2.75) is 25.8 Å². The fourth-order valence-corrected chi connectivity index (χ4v) is 1.73. The molecule has 0 amide bonds. The van der Waals surface area contributed by atoms with E-state index in [0.29, 0.717) is 6.61 Å². The molecule has 0 bridgehead atoms. The molecule has 1 unspecified atom stereocenters. The fourth-order valence-electron chi connectivity index (χ4n) is 1.73. The van der Waals surface area contributed by atoms with Crippen molar-refractivity contribution < 1.29 is 9.47 Å². The van der Waals surface area contributed by atoms with Crippen LogP contribution in [0.2, 0.25) is 0 Å². The zero-order valence-corrected chi connectivity index (χ0v) is 12.5. The second-order valence-corrected chi connectivity index (χ2v) is 5.00. The van der Waals surface area contributed by atoms with Gasteiger partial charge in [-0.15, -0.1) is 0 Å². The lowest BCUT2D eigenvalue weighted by atomic mass is 10.0. The van der Waals surface area contributed by atoms with Crippen LogP contribution in [0.3, 0.4) is 0 Å². The average Bonchev–Trinajstić information content (AvgIpc) is 2.39. The van der Waals surface area contributed by atoms with Gasteiger partial charge in [0, 0.05) is 18.7 Å². The van der Waals surface area contributed by atoms with Crippen LogP contribution in [-0.4, -0.2) is 45.3 Å². The van der Waals surface area contributed by atoms with Crippen molar-refractivity contribution in [3.05, 3.63) is 23.8 Å². The monoisotopic (exact) mass is 266 g/mol. The minimum Gasteiger partial charge on any atom is -0.497 e. The van der Waals surface area contributed by atoms with E-state index in [1.807, 2.05) is 32.3 Å². The van der Waals surface area contributed by atoms with Crippen molar-refractivity contribution in [2.24, 2.45) is 5.73 Å². The maximum Gasteiger partial charge on any atom is 0.126 e. The first-order chi connectivity index (χ1) is 9.06. The predicted molar refractivity (Wildman–Crippen MR) is 79.0 cm³/mol. The molecule has 0 aliphatic rings. The van der Waals surface area contributed by atoms with Crippen LogP contribution in [-0.2, 0) is 6.42 Å². The zero-order chi connectivity index (χ0) is 14.3. The summed E-state index contributed by atoms with van der Waals surface area (Å²) in [6.45, 7) is 3.64. The van der Waals surface area contributed by atoms with Crippen LogP contribution in [0, 0.1) is 0 Å². The van der Waals surface area contributed by atoms with Crippen LogP contribution in [0.4, 0.5) is 0 Å². The molecule has 1 atom stereocenters. The van der Waals surface area contributed by atoms with Crippen LogP contribution >= 0.6 is 0 Å². The molecule has 0 aromatic heterocycles. The van der Waals surface area contributed by atoms with Gasteiger partial charge in [-0.1, -0.05) is 13.0 Å². The Balaban J connectivity index is 2.77. The van der Waals surface area contributed by atoms with E-state index in [1.165, 1.54) is 0 Å². The standard InChI is InChI=1S/C15H26N2O2/c1-5-13(16)10-12-6-7-14(18-4)11-15(12)19-9-8-17(2)3/h6-7,11,13H,5,8-10,16H2,1-4H3. The van der Waals surface area contributed by atoms with Crippen LogP contribution < -0.4 is 15.2 Å². The SMILES string of the molecule is CCC(N)Cc1ccc(OC)cc1OCCN(C)C. The smallest absolute Gasteiger partial charge is 0.126 e. The summed E-state index contributed by atoms with van der Waals surface area (Å²) >= 11 is 0. The quantitative estimate of drug-likeness (QED) is 0.781. The number of nitrogens with zero attached hydrogens (tertiary/aromatic N) is 1. The van der Waals surface area contributed by atoms with E-state index in [-0.39, 0.29) is 6.04 Å². The number of nitrogens with two attached hydrogens (primary N) is 1. The van der Waals surface area contributed by atoms with E-state index in [0.717, 1.165) is 36.4 Å². The summed E-state index contributed by atoms with van der Waals surface area (Å²) in [5.74, 6) is 1.69. The molecule has 4 nitrogen and oxygen atoms in total. The molecular weight excluding hydrogens is 240 g/mol. The number of hydrogen-bond donors (Lipinski definition) is 1. The highest BCUT2D eigenvalue weighted by Crippen LogP contribution is 2.26. The fraction of sp³-hybridized carbons (Fsp3) is 0.600. The summed E-state index contributed by atoms with van der Waals surface area (Å²) in [6, 6.07) is 6.10. The summed E-state index contributed by atoms with van der Waals surface area (Å²) in [5, 5.41) is 0. The van der Waals surface area contributed by atoms with Gasteiger partial charge < -0.3 is 20.1 Å². The lowest BCUT2D eigenvalue weighted by molar-refractivity contribution is 0.258. The average molecular weight is 266 g/mol. The van der Waals surface area contributed by atoms with Crippen molar-refractivity contribution in [1.29, 1.82) is 0 Å². The maximum absolute atomic E-state index is 6.03. The Bertz CT molecular complexity index is 380. The van der Waals surface area contributed by atoms with E-state index in [4.69, 9.17) is 15.2 Å². The maximum atomic E-state index is 6.03. The van der Waals surface area contributed by atoms with Crippen LogP contribution in [0.25, 0.3) is 0 Å². The first kappa shape index (κ1) is 15.8. The van der Waals surface area contributed by atoms with Crippen molar-refractivity contribution in [2.75, 3.05) is 34.4 Å². The van der Waals surface area contributed by atoms with Crippen molar-refractivity contribution >= 4 is 0 Å². The minimum absolute atomic E-state index is 0.171.